The number of aryl methyl sites for hydroxylation is 2. The highest BCUT2D eigenvalue weighted by Gasteiger charge is 2.35. The van der Waals surface area contributed by atoms with Crippen molar-refractivity contribution in [3.05, 3.63) is 120 Å². The van der Waals surface area contributed by atoms with Gasteiger partial charge in [0.1, 0.15) is 0 Å². The van der Waals surface area contributed by atoms with Crippen molar-refractivity contribution < 1.29 is 9.36 Å². The van der Waals surface area contributed by atoms with Gasteiger partial charge in [0, 0.05) is 22.8 Å². The summed E-state index contributed by atoms with van der Waals surface area (Å²) in [6, 6.07) is 33.2. The molecule has 0 aliphatic heterocycles. The molecule has 0 spiro atoms. The molecule has 4 aromatic rings. The quantitative estimate of drug-likeness (QED) is 0.362. The van der Waals surface area contributed by atoms with Gasteiger partial charge < -0.3 is 9.46 Å². The van der Waals surface area contributed by atoms with Gasteiger partial charge in [0.15, 0.2) is 7.14 Å². The van der Waals surface area contributed by atoms with Crippen LogP contribution in [-0.2, 0) is 15.9 Å². The number of hydrogen-bond donors (Lipinski definition) is 0. The average Bonchev–Trinajstić information content (AvgIpc) is 2.83. The molecule has 0 heterocycles. The van der Waals surface area contributed by atoms with Crippen LogP contribution in [0.2, 0.25) is 0 Å². The van der Waals surface area contributed by atoms with E-state index in [0.29, 0.717) is 11.8 Å². The molecule has 166 valence electrons. The van der Waals surface area contributed by atoms with Crippen LogP contribution >= 0.6 is 7.14 Å². The zero-order valence-electron chi connectivity index (χ0n) is 19.2. The number of rotatable bonds is 6. The molecule has 0 fully saturated rings. The number of hydrogen-bond acceptors (Lipinski definition) is 2. The van der Waals surface area contributed by atoms with E-state index in [4.69, 9.17) is 0 Å². The molecule has 4 heteroatoms. The topological polar surface area (TPSA) is 37.4 Å². The summed E-state index contributed by atoms with van der Waals surface area (Å²) in [7, 11) is -3.26. The lowest BCUT2D eigenvalue weighted by molar-refractivity contribution is -0.116. The van der Waals surface area contributed by atoms with E-state index in [1.807, 2.05) is 111 Å². The number of benzene rings is 4. The van der Waals surface area contributed by atoms with Gasteiger partial charge in [0.05, 0.1) is 12.2 Å². The summed E-state index contributed by atoms with van der Waals surface area (Å²) in [5, 5.41) is 2.21. The molecule has 33 heavy (non-hydrogen) atoms. The third-order valence-corrected chi connectivity index (χ3v) is 8.91. The molecule has 0 aromatic heterocycles. The molecular formula is C29H28NO2P. The maximum absolute atomic E-state index is 15.2. The number of carbonyl (C=O) groups excluding carboxylic acids is 1. The zero-order valence-corrected chi connectivity index (χ0v) is 20.1. The largest absolute Gasteiger partial charge is 0.309 e. The first-order valence-electron chi connectivity index (χ1n) is 11.1. The van der Waals surface area contributed by atoms with Crippen LogP contribution in [0.25, 0.3) is 0 Å². The van der Waals surface area contributed by atoms with Gasteiger partial charge in [-0.25, -0.2) is 0 Å². The van der Waals surface area contributed by atoms with Crippen molar-refractivity contribution in [2.75, 3.05) is 4.90 Å². The van der Waals surface area contributed by atoms with E-state index in [0.717, 1.165) is 33.0 Å². The molecule has 0 N–H and O–H groups in total. The Labute approximate surface area is 196 Å². The van der Waals surface area contributed by atoms with Crippen molar-refractivity contribution in [3.8, 4) is 0 Å². The molecule has 0 aliphatic carbocycles. The highest BCUT2D eigenvalue weighted by molar-refractivity contribution is 7.85. The van der Waals surface area contributed by atoms with E-state index in [2.05, 4.69) is 6.07 Å². The monoisotopic (exact) mass is 453 g/mol. The van der Waals surface area contributed by atoms with Gasteiger partial charge in [-0.15, -0.1) is 0 Å². The fourth-order valence-electron chi connectivity index (χ4n) is 4.35. The van der Waals surface area contributed by atoms with Crippen molar-refractivity contribution in [2.24, 2.45) is 0 Å². The Bertz CT molecular complexity index is 1260. The van der Waals surface area contributed by atoms with Crippen LogP contribution in [0.15, 0.2) is 103 Å². The van der Waals surface area contributed by atoms with Gasteiger partial charge >= 0.3 is 0 Å². The minimum absolute atomic E-state index is 0.0836. The predicted octanol–water partition coefficient (Wildman–Crippen LogP) is 5.50. The van der Waals surface area contributed by atoms with E-state index in [9.17, 15) is 4.79 Å². The van der Waals surface area contributed by atoms with Crippen LogP contribution in [0.5, 0.6) is 0 Å². The summed E-state index contributed by atoms with van der Waals surface area (Å²) < 4.78 is 15.2. The Morgan fingerprint density at radius 1 is 0.758 bits per heavy atom. The molecule has 0 aliphatic rings. The second-order valence-electron chi connectivity index (χ2n) is 8.32. The Balaban J connectivity index is 2.02. The molecule has 4 rings (SSSR count). The molecular weight excluding hydrogens is 425 g/mol. The summed E-state index contributed by atoms with van der Waals surface area (Å²) >= 11 is 0. The zero-order chi connectivity index (χ0) is 23.4. The van der Waals surface area contributed by atoms with E-state index in [1.54, 1.807) is 11.8 Å². The Morgan fingerprint density at radius 2 is 1.24 bits per heavy atom. The minimum Gasteiger partial charge on any atom is -0.309 e. The molecule has 0 saturated carbocycles. The lowest BCUT2D eigenvalue weighted by Crippen LogP contribution is -2.36. The van der Waals surface area contributed by atoms with Gasteiger partial charge in [-0.05, 0) is 36.6 Å². The number of nitrogens with zero attached hydrogens (tertiary/aromatic N) is 1. The molecule has 0 unspecified atom stereocenters. The Morgan fingerprint density at radius 3 is 1.73 bits per heavy atom. The SMILES string of the molecule is CC(=O)N(Cc1ccccc1)c1c(C)cc(C)cc1P(=O)(c1ccccc1)c1ccccc1. The molecule has 0 bridgehead atoms. The van der Waals surface area contributed by atoms with Crippen molar-refractivity contribution in [1.82, 2.24) is 0 Å². The fraction of sp³-hybridized carbons (Fsp3) is 0.138. The van der Waals surface area contributed by atoms with E-state index in [-0.39, 0.29) is 5.91 Å². The summed E-state index contributed by atoms with van der Waals surface area (Å²) in [5.74, 6) is -0.0836. The van der Waals surface area contributed by atoms with Gasteiger partial charge in [-0.3, -0.25) is 4.79 Å². The predicted molar refractivity (Wildman–Crippen MR) is 139 cm³/mol. The van der Waals surface area contributed by atoms with E-state index < -0.39 is 7.14 Å². The first-order valence-corrected chi connectivity index (χ1v) is 12.8. The molecule has 4 aromatic carbocycles. The normalized spacial score (nSPS) is 11.2. The standard InChI is InChI=1S/C29H28NO2P/c1-22-19-23(2)29(30(24(3)31)21-25-13-7-4-8-14-25)28(20-22)33(32,26-15-9-5-10-16-26)27-17-11-6-12-18-27/h4-20H,21H2,1-3H3. The van der Waals surface area contributed by atoms with Crippen LogP contribution in [0.1, 0.15) is 23.6 Å². The third-order valence-electron chi connectivity index (χ3n) is 5.84. The number of anilines is 1. The van der Waals surface area contributed by atoms with E-state index >= 15 is 4.57 Å². The minimum atomic E-state index is -3.26. The second-order valence-corrected chi connectivity index (χ2v) is 11.1. The summed E-state index contributed by atoms with van der Waals surface area (Å²) in [4.78, 5) is 14.7. The van der Waals surface area contributed by atoms with Gasteiger partial charge in [-0.2, -0.15) is 0 Å². The van der Waals surface area contributed by atoms with Crippen LogP contribution < -0.4 is 20.8 Å². The summed E-state index contributed by atoms with van der Waals surface area (Å²) in [6.07, 6.45) is 0. The second kappa shape index (κ2) is 9.60. The molecule has 3 nitrogen and oxygen atoms in total. The maximum atomic E-state index is 15.2. The first-order chi connectivity index (χ1) is 15.9. The van der Waals surface area contributed by atoms with Crippen LogP contribution in [0.3, 0.4) is 0 Å². The third kappa shape index (κ3) is 4.55. The smallest absolute Gasteiger partial charge is 0.224 e. The molecule has 0 atom stereocenters. The van der Waals surface area contributed by atoms with Crippen LogP contribution in [-0.4, -0.2) is 5.91 Å². The summed E-state index contributed by atoms with van der Waals surface area (Å²) in [5.41, 5.74) is 3.70. The number of amides is 1. The van der Waals surface area contributed by atoms with Crippen molar-refractivity contribution in [3.63, 3.8) is 0 Å². The highest BCUT2D eigenvalue weighted by Crippen LogP contribution is 2.46. The molecule has 0 saturated heterocycles. The highest BCUT2D eigenvalue weighted by atomic mass is 31.2. The fourth-order valence-corrected chi connectivity index (χ4v) is 7.36. The summed E-state index contributed by atoms with van der Waals surface area (Å²) in [6.45, 7) is 5.99. The maximum Gasteiger partial charge on any atom is 0.224 e. The molecule has 0 radical (unpaired) electrons. The lowest BCUT2D eigenvalue weighted by atomic mass is 10.1. The lowest BCUT2D eigenvalue weighted by Gasteiger charge is -2.30. The van der Waals surface area contributed by atoms with Crippen molar-refractivity contribution >= 4 is 34.7 Å². The van der Waals surface area contributed by atoms with Gasteiger partial charge in [-0.1, -0.05) is 97.1 Å². The van der Waals surface area contributed by atoms with E-state index in [1.165, 1.54) is 0 Å². The molecule has 1 amide bonds. The van der Waals surface area contributed by atoms with Crippen molar-refractivity contribution in [1.29, 1.82) is 0 Å². The van der Waals surface area contributed by atoms with Crippen molar-refractivity contribution in [2.45, 2.75) is 27.3 Å². The van der Waals surface area contributed by atoms with Gasteiger partial charge in [0.25, 0.3) is 0 Å². The van der Waals surface area contributed by atoms with Crippen LogP contribution in [0, 0.1) is 13.8 Å². The average molecular weight is 454 g/mol. The Hall–Kier alpha value is -3.42. The number of carbonyl (C=O) groups is 1. The Kier molecular flexibility index (Phi) is 6.62. The first kappa shape index (κ1) is 22.8. The van der Waals surface area contributed by atoms with Gasteiger partial charge in [0.2, 0.25) is 5.91 Å². The van der Waals surface area contributed by atoms with Crippen LogP contribution in [0.4, 0.5) is 5.69 Å².